The lowest BCUT2D eigenvalue weighted by Gasteiger charge is -2.20. The second-order valence-electron chi connectivity index (χ2n) is 6.17. The highest BCUT2D eigenvalue weighted by Crippen LogP contribution is 2.50. The van der Waals surface area contributed by atoms with Gasteiger partial charge in [-0.3, -0.25) is 4.57 Å². The average molecular weight is 418 g/mol. The second kappa shape index (κ2) is 8.55. The Kier molecular flexibility index (Phi) is 6.13. The van der Waals surface area contributed by atoms with E-state index in [4.69, 9.17) is 18.1 Å². The average Bonchev–Trinajstić information content (AvgIpc) is 2.62. The first kappa shape index (κ1) is 20.1. The largest absolute Gasteiger partial charge is 0.647 e. The van der Waals surface area contributed by atoms with Crippen molar-refractivity contribution in [2.24, 2.45) is 0 Å². The van der Waals surface area contributed by atoms with Gasteiger partial charge < -0.3 is 18.1 Å². The van der Waals surface area contributed by atoms with E-state index in [1.807, 2.05) is 12.1 Å². The molecule has 146 valence electrons. The zero-order valence-corrected chi connectivity index (χ0v) is 17.2. The molecule has 3 rings (SSSR count). The van der Waals surface area contributed by atoms with Crippen LogP contribution in [0.1, 0.15) is 0 Å². The van der Waals surface area contributed by atoms with Gasteiger partial charge >= 0.3 is 7.82 Å². The van der Waals surface area contributed by atoms with Crippen LogP contribution in [0.4, 0.5) is 0 Å². The molecule has 0 aliphatic carbocycles. The van der Waals surface area contributed by atoms with Crippen molar-refractivity contribution in [3.05, 3.63) is 84.9 Å². The Balaban J connectivity index is 1.87. The Labute approximate surface area is 164 Å². The van der Waals surface area contributed by atoms with E-state index in [0.29, 0.717) is 17.2 Å². The Morgan fingerprint density at radius 3 is 1.39 bits per heavy atom. The van der Waals surface area contributed by atoms with E-state index in [2.05, 4.69) is 0 Å². The summed E-state index contributed by atoms with van der Waals surface area (Å²) in [6, 6.07) is 23.5. The van der Waals surface area contributed by atoms with Crippen LogP contribution in [0.3, 0.4) is 0 Å². The second-order valence-corrected chi connectivity index (χ2v) is 10.3. The van der Waals surface area contributed by atoms with Crippen molar-refractivity contribution in [1.82, 2.24) is 0 Å². The fourth-order valence-electron chi connectivity index (χ4n) is 2.25. The molecule has 0 radical (unpaired) electrons. The lowest BCUT2D eigenvalue weighted by molar-refractivity contribution is 0.298. The molecule has 0 N–H and O–H groups in total. The van der Waals surface area contributed by atoms with Crippen LogP contribution < -0.4 is 18.1 Å². The predicted molar refractivity (Wildman–Crippen MR) is 109 cm³/mol. The molecule has 0 bridgehead atoms. The monoisotopic (exact) mass is 418 g/mol. The zero-order chi connectivity index (χ0) is 20.0. The van der Waals surface area contributed by atoms with E-state index in [0.717, 1.165) is 0 Å². The Hall–Kier alpha value is -2.68. The fraction of sp³-hybridized carbons (Fsp3) is 0.100. The van der Waals surface area contributed by atoms with Gasteiger partial charge in [0.15, 0.2) is 0 Å². The normalized spacial score (nSPS) is 11.5. The molecule has 0 saturated carbocycles. The van der Waals surface area contributed by atoms with Crippen molar-refractivity contribution in [1.29, 1.82) is 0 Å². The van der Waals surface area contributed by atoms with Gasteiger partial charge in [0.05, 0.1) is 0 Å². The minimum Gasteiger partial charge on any atom is -0.443 e. The quantitative estimate of drug-likeness (QED) is 0.403. The summed E-state index contributed by atoms with van der Waals surface area (Å²) in [6.45, 7) is 3.00. The number of hydrogen-bond acceptors (Lipinski definition) is 6. The summed E-state index contributed by atoms with van der Waals surface area (Å²) in [6.07, 6.45) is 0. The van der Waals surface area contributed by atoms with Gasteiger partial charge in [-0.05, 0) is 36.4 Å². The molecule has 0 fully saturated rings. The van der Waals surface area contributed by atoms with Crippen molar-refractivity contribution in [2.75, 3.05) is 13.3 Å². The van der Waals surface area contributed by atoms with E-state index < -0.39 is 15.2 Å². The molecule has 8 heteroatoms. The predicted octanol–water partition coefficient (Wildman–Crippen LogP) is 6.25. The molecular weight excluding hydrogens is 398 g/mol. The van der Waals surface area contributed by atoms with Gasteiger partial charge in [0.25, 0.3) is 0 Å². The summed E-state index contributed by atoms with van der Waals surface area (Å²) < 4.78 is 47.4. The van der Waals surface area contributed by atoms with E-state index >= 15 is 0 Å². The third kappa shape index (κ3) is 6.19. The summed E-state index contributed by atoms with van der Waals surface area (Å²) in [5.74, 6) is 1.19. The highest BCUT2D eigenvalue weighted by atomic mass is 31.2. The highest BCUT2D eigenvalue weighted by molar-refractivity contribution is 7.57. The number of rotatable bonds is 8. The maximum atomic E-state index is 13.4. The summed E-state index contributed by atoms with van der Waals surface area (Å²) >= 11 is 0. The minimum absolute atomic E-state index is 0.196. The molecule has 0 aliphatic heterocycles. The van der Waals surface area contributed by atoms with Crippen LogP contribution in [0.2, 0.25) is 0 Å². The first-order valence-electron chi connectivity index (χ1n) is 8.45. The zero-order valence-electron chi connectivity index (χ0n) is 15.4. The molecule has 0 aromatic heterocycles. The first-order valence-corrected chi connectivity index (χ1v) is 12.4. The molecule has 3 aromatic carbocycles. The molecule has 0 heterocycles. The molecule has 0 spiro atoms. The van der Waals surface area contributed by atoms with Crippen LogP contribution in [0.5, 0.6) is 23.0 Å². The lowest BCUT2D eigenvalue weighted by atomic mass is 10.3. The summed E-state index contributed by atoms with van der Waals surface area (Å²) in [7, 11) is -6.84. The molecule has 6 nitrogen and oxygen atoms in total. The molecule has 0 aliphatic rings. The fourth-order valence-corrected chi connectivity index (χ4v) is 4.11. The van der Waals surface area contributed by atoms with Gasteiger partial charge in [-0.15, -0.1) is 0 Å². The van der Waals surface area contributed by atoms with Crippen LogP contribution in [-0.4, -0.2) is 13.3 Å². The Morgan fingerprint density at radius 1 is 0.536 bits per heavy atom. The van der Waals surface area contributed by atoms with Gasteiger partial charge in [0, 0.05) is 19.4 Å². The molecule has 3 aromatic rings. The van der Waals surface area contributed by atoms with Crippen LogP contribution >= 0.6 is 15.2 Å². The van der Waals surface area contributed by atoms with Crippen molar-refractivity contribution in [2.45, 2.75) is 0 Å². The van der Waals surface area contributed by atoms with Crippen LogP contribution in [0, 0.1) is 0 Å². The Bertz CT molecular complexity index is 956. The van der Waals surface area contributed by atoms with E-state index in [1.165, 1.54) is 19.4 Å². The van der Waals surface area contributed by atoms with Crippen LogP contribution in [0.15, 0.2) is 84.9 Å². The summed E-state index contributed by atoms with van der Waals surface area (Å²) in [5.41, 5.74) is 0. The Morgan fingerprint density at radius 2 is 0.929 bits per heavy atom. The van der Waals surface area contributed by atoms with Gasteiger partial charge in [-0.25, -0.2) is 0 Å². The van der Waals surface area contributed by atoms with Gasteiger partial charge in [0.1, 0.15) is 23.0 Å². The van der Waals surface area contributed by atoms with Crippen molar-refractivity contribution in [3.63, 3.8) is 0 Å². The van der Waals surface area contributed by atoms with E-state index in [9.17, 15) is 9.13 Å². The van der Waals surface area contributed by atoms with Gasteiger partial charge in [-0.1, -0.05) is 42.5 Å². The van der Waals surface area contributed by atoms with Crippen molar-refractivity contribution in [3.8, 4) is 23.0 Å². The number of benzene rings is 3. The highest BCUT2D eigenvalue weighted by Gasteiger charge is 2.33. The molecule has 0 amide bonds. The summed E-state index contributed by atoms with van der Waals surface area (Å²) in [5, 5.41) is 0. The number of phosphoric ester groups is 1. The molecule has 0 saturated heterocycles. The standard InChI is InChI=1S/C20H20O6P2/c1-27(2,21)23-19-14-9-15-20(16-19)26-28(22,24-17-10-5-3-6-11-17)25-18-12-7-4-8-13-18/h3-16H,1-2H3. The van der Waals surface area contributed by atoms with E-state index in [1.54, 1.807) is 66.7 Å². The molecule has 0 unspecified atom stereocenters. The maximum absolute atomic E-state index is 13.4. The smallest absolute Gasteiger partial charge is 0.443 e. The van der Waals surface area contributed by atoms with Gasteiger partial charge in [-0.2, -0.15) is 4.57 Å². The summed E-state index contributed by atoms with van der Waals surface area (Å²) in [4.78, 5) is 0. The van der Waals surface area contributed by atoms with Gasteiger partial charge in [0.2, 0.25) is 7.37 Å². The first-order chi connectivity index (χ1) is 13.3. The third-order valence-corrected chi connectivity index (χ3v) is 5.22. The topological polar surface area (TPSA) is 71.1 Å². The maximum Gasteiger partial charge on any atom is 0.647 e. The SMILES string of the molecule is CP(C)(=O)Oc1cccc(OP(=O)(Oc2ccccc2)Oc2ccccc2)c1. The van der Waals surface area contributed by atoms with Crippen molar-refractivity contribution < 1.29 is 27.2 Å². The van der Waals surface area contributed by atoms with Crippen molar-refractivity contribution >= 4 is 15.2 Å². The molecule has 28 heavy (non-hydrogen) atoms. The number of para-hydroxylation sites is 2. The van der Waals surface area contributed by atoms with Crippen LogP contribution in [-0.2, 0) is 9.13 Å². The van der Waals surface area contributed by atoms with Crippen LogP contribution in [0.25, 0.3) is 0 Å². The van der Waals surface area contributed by atoms with E-state index in [-0.39, 0.29) is 5.75 Å². The number of phosphoric acid groups is 1. The minimum atomic E-state index is -4.08. The molecule has 0 atom stereocenters. The lowest BCUT2D eigenvalue weighted by Crippen LogP contribution is -2.07. The number of hydrogen-bond donors (Lipinski definition) is 0. The molecular formula is C20H20O6P2. The third-order valence-electron chi connectivity index (χ3n) is 3.27.